The SMILES string of the molecule is CNC(C)(CO)CCCn1nccc1C. The first-order valence-electron chi connectivity index (χ1n) is 5.39. The van der Waals surface area contributed by atoms with Gasteiger partial charge in [0.2, 0.25) is 0 Å². The van der Waals surface area contributed by atoms with E-state index in [0.29, 0.717) is 0 Å². The number of likely N-dealkylation sites (N-methyl/N-ethyl adjacent to an activating group) is 1. The minimum absolute atomic E-state index is 0.166. The van der Waals surface area contributed by atoms with Gasteiger partial charge in [0.25, 0.3) is 0 Å². The van der Waals surface area contributed by atoms with Crippen molar-refractivity contribution in [1.29, 1.82) is 0 Å². The number of nitrogens with one attached hydrogen (secondary N) is 1. The second-order valence-corrected chi connectivity index (χ2v) is 4.27. The maximum absolute atomic E-state index is 9.21. The molecule has 0 aliphatic carbocycles. The molecule has 1 unspecified atom stereocenters. The molecule has 0 amide bonds. The lowest BCUT2D eigenvalue weighted by Crippen LogP contribution is -2.43. The molecule has 1 rings (SSSR count). The first-order valence-corrected chi connectivity index (χ1v) is 5.39. The molecule has 0 aromatic carbocycles. The van der Waals surface area contributed by atoms with E-state index in [2.05, 4.69) is 17.3 Å². The molecule has 0 saturated heterocycles. The highest BCUT2D eigenvalue weighted by molar-refractivity contribution is 4.96. The first-order chi connectivity index (χ1) is 7.11. The van der Waals surface area contributed by atoms with Crippen LogP contribution in [0.1, 0.15) is 25.5 Å². The fraction of sp³-hybridized carbons (Fsp3) is 0.727. The zero-order valence-corrected chi connectivity index (χ0v) is 9.82. The molecule has 4 nitrogen and oxygen atoms in total. The van der Waals surface area contributed by atoms with Crippen molar-refractivity contribution in [2.45, 2.75) is 38.8 Å². The fourth-order valence-corrected chi connectivity index (χ4v) is 1.53. The van der Waals surface area contributed by atoms with Crippen LogP contribution in [0.2, 0.25) is 0 Å². The van der Waals surface area contributed by atoms with E-state index in [4.69, 9.17) is 0 Å². The van der Waals surface area contributed by atoms with E-state index in [0.717, 1.165) is 19.4 Å². The summed E-state index contributed by atoms with van der Waals surface area (Å²) >= 11 is 0. The molecule has 0 radical (unpaired) electrons. The molecule has 0 aliphatic rings. The van der Waals surface area contributed by atoms with E-state index < -0.39 is 0 Å². The zero-order valence-electron chi connectivity index (χ0n) is 9.82. The second kappa shape index (κ2) is 5.28. The van der Waals surface area contributed by atoms with Crippen molar-refractivity contribution in [2.75, 3.05) is 13.7 Å². The summed E-state index contributed by atoms with van der Waals surface area (Å²) in [5.41, 5.74) is 1.02. The summed E-state index contributed by atoms with van der Waals surface area (Å²) in [6, 6.07) is 2.00. The van der Waals surface area contributed by atoms with Crippen LogP contribution in [0, 0.1) is 6.92 Å². The standard InChI is InChI=1S/C11H21N3O/c1-10-5-7-13-14(10)8-4-6-11(2,9-15)12-3/h5,7,12,15H,4,6,8-9H2,1-3H3. The Kier molecular flexibility index (Phi) is 4.29. The van der Waals surface area contributed by atoms with E-state index in [9.17, 15) is 5.11 Å². The highest BCUT2D eigenvalue weighted by Gasteiger charge is 2.19. The molecule has 0 aliphatic heterocycles. The summed E-state index contributed by atoms with van der Waals surface area (Å²) in [6.45, 7) is 5.16. The average Bonchev–Trinajstić information content (AvgIpc) is 2.64. The molecule has 0 saturated carbocycles. The summed E-state index contributed by atoms with van der Waals surface area (Å²) in [5, 5.41) is 16.6. The molecule has 0 spiro atoms. The Morgan fingerprint density at radius 3 is 2.80 bits per heavy atom. The van der Waals surface area contributed by atoms with Crippen molar-refractivity contribution in [3.05, 3.63) is 18.0 Å². The van der Waals surface area contributed by atoms with Crippen LogP contribution in [0.25, 0.3) is 0 Å². The first kappa shape index (κ1) is 12.2. The van der Waals surface area contributed by atoms with Crippen molar-refractivity contribution in [1.82, 2.24) is 15.1 Å². The third kappa shape index (κ3) is 3.32. The lowest BCUT2D eigenvalue weighted by atomic mass is 9.97. The molecule has 0 bridgehead atoms. The molecular weight excluding hydrogens is 190 g/mol. The number of aliphatic hydroxyl groups excluding tert-OH is 1. The molecule has 1 atom stereocenters. The lowest BCUT2D eigenvalue weighted by molar-refractivity contribution is 0.169. The van der Waals surface area contributed by atoms with Crippen LogP contribution in [0.3, 0.4) is 0 Å². The average molecular weight is 211 g/mol. The van der Waals surface area contributed by atoms with Gasteiger partial charge in [-0.25, -0.2) is 0 Å². The molecule has 1 heterocycles. The molecule has 0 fully saturated rings. The van der Waals surface area contributed by atoms with Crippen molar-refractivity contribution in [3.8, 4) is 0 Å². The molecule has 2 N–H and O–H groups in total. The maximum Gasteiger partial charge on any atom is 0.0610 e. The number of hydrogen-bond acceptors (Lipinski definition) is 3. The monoisotopic (exact) mass is 211 g/mol. The minimum Gasteiger partial charge on any atom is -0.394 e. The molecule has 86 valence electrons. The van der Waals surface area contributed by atoms with Crippen molar-refractivity contribution in [2.24, 2.45) is 0 Å². The van der Waals surface area contributed by atoms with Crippen LogP contribution in [0.4, 0.5) is 0 Å². The van der Waals surface area contributed by atoms with E-state index in [1.165, 1.54) is 5.69 Å². The number of aliphatic hydroxyl groups is 1. The number of aromatic nitrogens is 2. The van der Waals surface area contributed by atoms with E-state index in [1.54, 1.807) is 0 Å². The van der Waals surface area contributed by atoms with Gasteiger partial charge in [-0.3, -0.25) is 4.68 Å². The van der Waals surface area contributed by atoms with Crippen molar-refractivity contribution >= 4 is 0 Å². The highest BCUT2D eigenvalue weighted by atomic mass is 16.3. The molecule has 4 heteroatoms. The van der Waals surface area contributed by atoms with Crippen LogP contribution in [-0.4, -0.2) is 34.1 Å². The van der Waals surface area contributed by atoms with Gasteiger partial charge in [0.15, 0.2) is 0 Å². The summed E-state index contributed by atoms with van der Waals surface area (Å²) in [6.07, 6.45) is 3.78. The van der Waals surface area contributed by atoms with Gasteiger partial charge in [-0.2, -0.15) is 5.10 Å². The molecule has 1 aromatic rings. The van der Waals surface area contributed by atoms with Gasteiger partial charge in [-0.15, -0.1) is 0 Å². The topological polar surface area (TPSA) is 50.1 Å². The highest BCUT2D eigenvalue weighted by Crippen LogP contribution is 2.12. The summed E-state index contributed by atoms with van der Waals surface area (Å²) in [5.74, 6) is 0. The zero-order chi connectivity index (χ0) is 11.3. The van der Waals surface area contributed by atoms with Gasteiger partial charge >= 0.3 is 0 Å². The molecule has 1 aromatic heterocycles. The third-order valence-electron chi connectivity index (χ3n) is 2.98. The lowest BCUT2D eigenvalue weighted by Gasteiger charge is -2.26. The van der Waals surface area contributed by atoms with Crippen molar-refractivity contribution < 1.29 is 5.11 Å². The van der Waals surface area contributed by atoms with Gasteiger partial charge < -0.3 is 10.4 Å². The number of hydrogen-bond donors (Lipinski definition) is 2. The maximum atomic E-state index is 9.21. The van der Waals surface area contributed by atoms with E-state index in [1.807, 2.05) is 30.9 Å². The van der Waals surface area contributed by atoms with Gasteiger partial charge in [0, 0.05) is 24.0 Å². The number of nitrogens with zero attached hydrogens (tertiary/aromatic N) is 2. The van der Waals surface area contributed by atoms with Crippen LogP contribution in [-0.2, 0) is 6.54 Å². The van der Waals surface area contributed by atoms with Crippen molar-refractivity contribution in [3.63, 3.8) is 0 Å². The molecular formula is C11H21N3O. The minimum atomic E-state index is -0.166. The van der Waals surface area contributed by atoms with Gasteiger partial charge in [0.1, 0.15) is 0 Å². The summed E-state index contributed by atoms with van der Waals surface area (Å²) < 4.78 is 1.99. The van der Waals surface area contributed by atoms with Crippen LogP contribution in [0.5, 0.6) is 0 Å². The van der Waals surface area contributed by atoms with Crippen LogP contribution < -0.4 is 5.32 Å². The predicted octanol–water partition coefficient (Wildman–Crippen LogP) is 0.942. The second-order valence-electron chi connectivity index (χ2n) is 4.27. The van der Waals surface area contributed by atoms with Gasteiger partial charge in [-0.05, 0) is 39.8 Å². The fourth-order valence-electron chi connectivity index (χ4n) is 1.53. The quantitative estimate of drug-likeness (QED) is 0.736. The Hall–Kier alpha value is -0.870. The largest absolute Gasteiger partial charge is 0.394 e. The Morgan fingerprint density at radius 2 is 2.33 bits per heavy atom. The normalized spacial score (nSPS) is 15.2. The van der Waals surface area contributed by atoms with Gasteiger partial charge in [-0.1, -0.05) is 0 Å². The van der Waals surface area contributed by atoms with Crippen LogP contribution >= 0.6 is 0 Å². The summed E-state index contributed by atoms with van der Waals surface area (Å²) in [7, 11) is 1.88. The number of aryl methyl sites for hydroxylation is 2. The summed E-state index contributed by atoms with van der Waals surface area (Å²) in [4.78, 5) is 0. The predicted molar refractivity (Wildman–Crippen MR) is 60.7 cm³/mol. The van der Waals surface area contributed by atoms with E-state index >= 15 is 0 Å². The Balaban J connectivity index is 2.36. The Labute approximate surface area is 91.3 Å². The Morgan fingerprint density at radius 1 is 1.60 bits per heavy atom. The van der Waals surface area contributed by atoms with Crippen LogP contribution in [0.15, 0.2) is 12.3 Å². The Bertz CT molecular complexity index is 292. The van der Waals surface area contributed by atoms with Gasteiger partial charge in [0.05, 0.1) is 6.61 Å². The molecule has 15 heavy (non-hydrogen) atoms. The number of rotatable bonds is 6. The smallest absolute Gasteiger partial charge is 0.0610 e. The third-order valence-corrected chi connectivity index (χ3v) is 2.98. The van der Waals surface area contributed by atoms with E-state index in [-0.39, 0.29) is 12.1 Å².